The summed E-state index contributed by atoms with van der Waals surface area (Å²) in [4.78, 5) is 37.7. The summed E-state index contributed by atoms with van der Waals surface area (Å²) in [5.74, 6) is -0.0625. The van der Waals surface area contributed by atoms with Crippen molar-refractivity contribution in [3.63, 3.8) is 0 Å². The lowest BCUT2D eigenvalue weighted by molar-refractivity contribution is -0.136. The van der Waals surface area contributed by atoms with Gasteiger partial charge in [-0.3, -0.25) is 19.7 Å². The summed E-state index contributed by atoms with van der Waals surface area (Å²) in [6, 6.07) is 5.85. The van der Waals surface area contributed by atoms with E-state index in [0.29, 0.717) is 30.5 Å². The second-order valence-corrected chi connectivity index (χ2v) is 7.85. The fourth-order valence-corrected chi connectivity index (χ4v) is 4.28. The Morgan fingerprint density at radius 2 is 2.07 bits per heavy atom. The summed E-state index contributed by atoms with van der Waals surface area (Å²) in [5.41, 5.74) is 2.75. The van der Waals surface area contributed by atoms with Gasteiger partial charge in [0.1, 0.15) is 6.04 Å². The molecule has 0 aromatic heterocycles. The number of amides is 3. The topological polar surface area (TPSA) is 90.5 Å². The lowest BCUT2D eigenvalue weighted by Gasteiger charge is -2.29. The average Bonchev–Trinajstić information content (AvgIpc) is 3.19. The van der Waals surface area contributed by atoms with E-state index in [-0.39, 0.29) is 24.1 Å². The van der Waals surface area contributed by atoms with Gasteiger partial charge in [-0.2, -0.15) is 0 Å². The van der Waals surface area contributed by atoms with Crippen molar-refractivity contribution in [1.29, 1.82) is 0 Å². The smallest absolute Gasteiger partial charge is 0.255 e. The van der Waals surface area contributed by atoms with Gasteiger partial charge in [-0.25, -0.2) is 0 Å². The van der Waals surface area contributed by atoms with Crippen molar-refractivity contribution in [2.24, 2.45) is 5.92 Å². The van der Waals surface area contributed by atoms with Crippen molar-refractivity contribution in [3.8, 4) is 0 Å². The maximum atomic E-state index is 12.7. The fraction of sp³-hybridized carbons (Fsp3) is 0.550. The van der Waals surface area contributed by atoms with Crippen molar-refractivity contribution >= 4 is 17.7 Å². The first-order valence-corrected chi connectivity index (χ1v) is 9.73. The molecule has 27 heavy (non-hydrogen) atoms. The number of benzene rings is 1. The lowest BCUT2D eigenvalue weighted by atomic mass is 10.0. The summed E-state index contributed by atoms with van der Waals surface area (Å²) in [6.45, 7) is 5.47. The zero-order valence-electron chi connectivity index (χ0n) is 15.6. The third kappa shape index (κ3) is 3.61. The van der Waals surface area contributed by atoms with Crippen LogP contribution >= 0.6 is 0 Å². The van der Waals surface area contributed by atoms with E-state index in [1.165, 1.54) is 6.42 Å². The SMILES string of the molecule is CC1CCNC1CNCc1ccc2c(c1)CN(C1CCC(=O)NC1=O)C2=O. The van der Waals surface area contributed by atoms with Crippen molar-refractivity contribution in [2.75, 3.05) is 13.1 Å². The molecule has 1 aromatic rings. The highest BCUT2D eigenvalue weighted by Gasteiger charge is 2.39. The molecular weight excluding hydrogens is 344 g/mol. The van der Waals surface area contributed by atoms with Crippen molar-refractivity contribution in [1.82, 2.24) is 20.9 Å². The van der Waals surface area contributed by atoms with Gasteiger partial charge in [-0.15, -0.1) is 0 Å². The van der Waals surface area contributed by atoms with Gasteiger partial charge in [0.05, 0.1) is 0 Å². The Morgan fingerprint density at radius 1 is 1.22 bits per heavy atom. The molecule has 3 heterocycles. The number of nitrogens with zero attached hydrogens (tertiary/aromatic N) is 1. The van der Waals surface area contributed by atoms with Crippen LogP contribution in [0, 0.1) is 5.92 Å². The Balaban J connectivity index is 1.38. The van der Waals surface area contributed by atoms with Gasteiger partial charge in [-0.05, 0) is 42.5 Å². The minimum absolute atomic E-state index is 0.122. The van der Waals surface area contributed by atoms with E-state index >= 15 is 0 Å². The Kier molecular flexibility index (Phi) is 4.97. The van der Waals surface area contributed by atoms with E-state index < -0.39 is 6.04 Å². The van der Waals surface area contributed by atoms with Crippen LogP contribution in [0.2, 0.25) is 0 Å². The van der Waals surface area contributed by atoms with Gasteiger partial charge >= 0.3 is 0 Å². The van der Waals surface area contributed by atoms with Crippen LogP contribution in [0.15, 0.2) is 18.2 Å². The van der Waals surface area contributed by atoms with Crippen LogP contribution in [0.4, 0.5) is 0 Å². The molecular formula is C20H26N4O3. The van der Waals surface area contributed by atoms with E-state index in [2.05, 4.69) is 28.9 Å². The van der Waals surface area contributed by atoms with Gasteiger partial charge in [0.15, 0.2) is 0 Å². The zero-order chi connectivity index (χ0) is 19.0. The second kappa shape index (κ2) is 7.40. The van der Waals surface area contributed by atoms with E-state index in [1.54, 1.807) is 4.90 Å². The third-order valence-electron chi connectivity index (χ3n) is 5.97. The van der Waals surface area contributed by atoms with E-state index in [1.807, 2.05) is 12.1 Å². The predicted octanol–water partition coefficient (Wildman–Crippen LogP) is 0.535. The van der Waals surface area contributed by atoms with Crippen molar-refractivity contribution in [2.45, 2.75) is 51.4 Å². The molecule has 0 aliphatic carbocycles. The Hall–Kier alpha value is -2.25. The van der Waals surface area contributed by atoms with Crippen LogP contribution in [-0.4, -0.2) is 47.8 Å². The van der Waals surface area contributed by atoms with E-state index in [4.69, 9.17) is 0 Å². The first-order valence-electron chi connectivity index (χ1n) is 9.73. The average molecular weight is 370 g/mol. The summed E-state index contributed by atoms with van der Waals surface area (Å²) < 4.78 is 0. The maximum absolute atomic E-state index is 12.7. The predicted molar refractivity (Wildman–Crippen MR) is 99.8 cm³/mol. The highest BCUT2D eigenvalue weighted by Crippen LogP contribution is 2.28. The largest absolute Gasteiger partial charge is 0.322 e. The van der Waals surface area contributed by atoms with Crippen LogP contribution in [-0.2, 0) is 22.7 Å². The molecule has 3 aliphatic rings. The standard InChI is InChI=1S/C20H26N4O3/c1-12-6-7-22-16(12)10-21-9-13-2-3-15-14(8-13)11-24(20(15)27)17-4-5-18(25)23-19(17)26/h2-3,8,12,16-17,21-22H,4-7,9-11H2,1H3,(H,23,25,26). The molecule has 7 heteroatoms. The van der Waals surface area contributed by atoms with Crippen LogP contribution in [0.5, 0.6) is 0 Å². The van der Waals surface area contributed by atoms with Crippen LogP contribution in [0.25, 0.3) is 0 Å². The highest BCUT2D eigenvalue weighted by atomic mass is 16.2. The minimum Gasteiger partial charge on any atom is -0.322 e. The van der Waals surface area contributed by atoms with Crippen LogP contribution in [0.3, 0.4) is 0 Å². The summed E-state index contributed by atoms with van der Waals surface area (Å²) in [7, 11) is 0. The summed E-state index contributed by atoms with van der Waals surface area (Å²) >= 11 is 0. The summed E-state index contributed by atoms with van der Waals surface area (Å²) in [5, 5.41) is 9.35. The van der Waals surface area contributed by atoms with Gasteiger partial charge < -0.3 is 15.5 Å². The number of imide groups is 1. The van der Waals surface area contributed by atoms with Crippen molar-refractivity contribution in [3.05, 3.63) is 34.9 Å². The molecule has 3 N–H and O–H groups in total. The molecule has 0 spiro atoms. The van der Waals surface area contributed by atoms with E-state index in [0.717, 1.165) is 30.8 Å². The van der Waals surface area contributed by atoms with Crippen LogP contribution < -0.4 is 16.0 Å². The molecule has 2 fully saturated rings. The molecule has 0 bridgehead atoms. The molecule has 144 valence electrons. The number of hydrogen-bond acceptors (Lipinski definition) is 5. The van der Waals surface area contributed by atoms with Gasteiger partial charge in [-0.1, -0.05) is 19.1 Å². The zero-order valence-corrected chi connectivity index (χ0v) is 15.6. The van der Waals surface area contributed by atoms with E-state index in [9.17, 15) is 14.4 Å². The fourth-order valence-electron chi connectivity index (χ4n) is 4.28. The number of fused-ring (bicyclic) bond motifs is 1. The Labute approximate surface area is 158 Å². The number of hydrogen-bond donors (Lipinski definition) is 3. The number of nitrogens with one attached hydrogen (secondary N) is 3. The molecule has 0 saturated carbocycles. The van der Waals surface area contributed by atoms with Crippen LogP contribution in [0.1, 0.15) is 47.7 Å². The molecule has 2 saturated heterocycles. The minimum atomic E-state index is -0.556. The molecule has 0 radical (unpaired) electrons. The molecule has 3 amide bonds. The molecule has 7 nitrogen and oxygen atoms in total. The number of carbonyl (C=O) groups excluding carboxylic acids is 3. The molecule has 1 aromatic carbocycles. The normalized spacial score (nSPS) is 27.8. The first-order chi connectivity index (χ1) is 13.0. The maximum Gasteiger partial charge on any atom is 0.255 e. The number of carbonyl (C=O) groups is 3. The Bertz CT molecular complexity index is 778. The molecule has 3 unspecified atom stereocenters. The van der Waals surface area contributed by atoms with Gasteiger partial charge in [0.25, 0.3) is 5.91 Å². The molecule has 3 aliphatic heterocycles. The highest BCUT2D eigenvalue weighted by molar-refractivity contribution is 6.05. The number of piperidine rings is 1. The molecule has 3 atom stereocenters. The third-order valence-corrected chi connectivity index (χ3v) is 5.97. The number of rotatable bonds is 5. The lowest BCUT2D eigenvalue weighted by Crippen LogP contribution is -2.52. The quantitative estimate of drug-likeness (QED) is 0.658. The Morgan fingerprint density at radius 3 is 2.81 bits per heavy atom. The summed E-state index contributed by atoms with van der Waals surface area (Å²) in [6.07, 6.45) is 1.90. The van der Waals surface area contributed by atoms with Gasteiger partial charge in [0.2, 0.25) is 11.8 Å². The van der Waals surface area contributed by atoms with Gasteiger partial charge in [0, 0.05) is 37.7 Å². The molecule has 4 rings (SSSR count). The first kappa shape index (κ1) is 18.1. The monoisotopic (exact) mass is 370 g/mol. The second-order valence-electron chi connectivity index (χ2n) is 7.85. The van der Waals surface area contributed by atoms with Crippen molar-refractivity contribution < 1.29 is 14.4 Å².